The molecule has 0 unspecified atom stereocenters. The molecule has 4 nitrogen and oxygen atoms in total. The van der Waals surface area contributed by atoms with Crippen LogP contribution in [0.15, 0.2) is 24.3 Å². The molecule has 2 aromatic rings. The standard InChI is InChI=1S/C15H18FN3O/c1-9(2)17-15(20)13-8-14(19(4)18-13)11-7-10(3)5-6-12(11)16/h5-9H,1-4H3,(H,17,20). The Morgan fingerprint density at radius 3 is 2.70 bits per heavy atom. The van der Waals surface area contributed by atoms with Gasteiger partial charge in [0.15, 0.2) is 5.69 Å². The van der Waals surface area contributed by atoms with Crippen molar-refractivity contribution in [3.8, 4) is 11.3 Å². The van der Waals surface area contributed by atoms with E-state index in [9.17, 15) is 9.18 Å². The SMILES string of the molecule is Cc1ccc(F)c(-c2cc(C(=O)NC(C)C)nn2C)c1. The summed E-state index contributed by atoms with van der Waals surface area (Å²) in [4.78, 5) is 11.9. The first-order valence-corrected chi connectivity index (χ1v) is 6.50. The van der Waals surface area contributed by atoms with Gasteiger partial charge in [0, 0.05) is 18.7 Å². The maximum absolute atomic E-state index is 13.9. The number of halogens is 1. The summed E-state index contributed by atoms with van der Waals surface area (Å²) >= 11 is 0. The fourth-order valence-corrected chi connectivity index (χ4v) is 2.00. The van der Waals surface area contributed by atoms with Gasteiger partial charge < -0.3 is 5.32 Å². The van der Waals surface area contributed by atoms with Crippen LogP contribution < -0.4 is 5.32 Å². The minimum Gasteiger partial charge on any atom is -0.348 e. The van der Waals surface area contributed by atoms with Crippen LogP contribution in [0.2, 0.25) is 0 Å². The minimum atomic E-state index is -0.325. The molecule has 1 amide bonds. The molecule has 0 radical (unpaired) electrons. The van der Waals surface area contributed by atoms with Gasteiger partial charge in [-0.1, -0.05) is 11.6 Å². The van der Waals surface area contributed by atoms with Crippen molar-refractivity contribution in [3.05, 3.63) is 41.3 Å². The highest BCUT2D eigenvalue weighted by Gasteiger charge is 2.16. The summed E-state index contributed by atoms with van der Waals surface area (Å²) in [5.41, 5.74) is 2.27. The van der Waals surface area contributed by atoms with Crippen LogP contribution in [0.4, 0.5) is 4.39 Å². The minimum absolute atomic E-state index is 0.0312. The highest BCUT2D eigenvalue weighted by molar-refractivity contribution is 5.93. The number of rotatable bonds is 3. The fraction of sp³-hybridized carbons (Fsp3) is 0.333. The lowest BCUT2D eigenvalue weighted by molar-refractivity contribution is 0.0937. The van der Waals surface area contributed by atoms with E-state index < -0.39 is 0 Å². The molecule has 0 aliphatic rings. The second kappa shape index (κ2) is 5.45. The second-order valence-corrected chi connectivity index (χ2v) is 5.15. The Bertz CT molecular complexity index is 647. The zero-order valence-electron chi connectivity index (χ0n) is 12.1. The number of carbonyl (C=O) groups excluding carboxylic acids is 1. The molecule has 1 aromatic heterocycles. The van der Waals surface area contributed by atoms with E-state index in [1.165, 1.54) is 10.7 Å². The van der Waals surface area contributed by atoms with E-state index >= 15 is 0 Å². The molecule has 1 N–H and O–H groups in total. The Hall–Kier alpha value is -2.17. The monoisotopic (exact) mass is 275 g/mol. The van der Waals surface area contributed by atoms with E-state index in [0.29, 0.717) is 11.3 Å². The fourth-order valence-electron chi connectivity index (χ4n) is 2.00. The lowest BCUT2D eigenvalue weighted by Crippen LogP contribution is -2.30. The van der Waals surface area contributed by atoms with Crippen LogP contribution in [0.5, 0.6) is 0 Å². The Labute approximate surface area is 117 Å². The molecule has 0 fully saturated rings. The Kier molecular flexibility index (Phi) is 3.88. The van der Waals surface area contributed by atoms with Crippen molar-refractivity contribution in [3.63, 3.8) is 0 Å². The van der Waals surface area contributed by atoms with Gasteiger partial charge in [0.05, 0.1) is 5.69 Å². The third kappa shape index (κ3) is 2.87. The van der Waals surface area contributed by atoms with Gasteiger partial charge in [-0.2, -0.15) is 5.10 Å². The number of carbonyl (C=O) groups is 1. The number of aryl methyl sites for hydroxylation is 2. The third-order valence-corrected chi connectivity index (χ3v) is 2.93. The number of hydrogen-bond donors (Lipinski definition) is 1. The van der Waals surface area contributed by atoms with Gasteiger partial charge in [-0.05, 0) is 39.0 Å². The molecular weight excluding hydrogens is 257 g/mol. The first kappa shape index (κ1) is 14.2. The molecule has 1 aromatic carbocycles. The average molecular weight is 275 g/mol. The van der Waals surface area contributed by atoms with E-state index in [4.69, 9.17) is 0 Å². The molecule has 1 heterocycles. The molecule has 0 bridgehead atoms. The number of hydrogen-bond acceptors (Lipinski definition) is 2. The van der Waals surface area contributed by atoms with Crippen LogP contribution in [-0.4, -0.2) is 21.7 Å². The summed E-state index contributed by atoms with van der Waals surface area (Å²) in [6.07, 6.45) is 0. The third-order valence-electron chi connectivity index (χ3n) is 2.93. The van der Waals surface area contributed by atoms with Crippen molar-refractivity contribution >= 4 is 5.91 Å². The molecule has 0 atom stereocenters. The van der Waals surface area contributed by atoms with E-state index in [0.717, 1.165) is 5.56 Å². The average Bonchev–Trinajstić information content (AvgIpc) is 2.74. The zero-order valence-corrected chi connectivity index (χ0v) is 12.1. The number of nitrogens with zero attached hydrogens (tertiary/aromatic N) is 2. The van der Waals surface area contributed by atoms with E-state index in [1.807, 2.05) is 20.8 Å². The van der Waals surface area contributed by atoms with Crippen LogP contribution in [0.3, 0.4) is 0 Å². The first-order chi connectivity index (χ1) is 9.38. The Morgan fingerprint density at radius 2 is 2.05 bits per heavy atom. The van der Waals surface area contributed by atoms with Gasteiger partial charge in [0.2, 0.25) is 0 Å². The molecule has 2 rings (SSSR count). The van der Waals surface area contributed by atoms with Crippen molar-refractivity contribution in [1.29, 1.82) is 0 Å². The summed E-state index contributed by atoms with van der Waals surface area (Å²) in [6, 6.07) is 6.52. The smallest absolute Gasteiger partial charge is 0.271 e. The first-order valence-electron chi connectivity index (χ1n) is 6.50. The van der Waals surface area contributed by atoms with Crippen LogP contribution in [0, 0.1) is 12.7 Å². The summed E-state index contributed by atoms with van der Waals surface area (Å²) in [7, 11) is 1.70. The van der Waals surface area contributed by atoms with Gasteiger partial charge in [-0.25, -0.2) is 4.39 Å². The quantitative estimate of drug-likeness (QED) is 0.936. The molecule has 0 saturated carbocycles. The molecule has 0 aliphatic heterocycles. The molecule has 0 spiro atoms. The van der Waals surface area contributed by atoms with Gasteiger partial charge in [0.25, 0.3) is 5.91 Å². The summed E-state index contributed by atoms with van der Waals surface area (Å²) in [6.45, 7) is 5.65. The van der Waals surface area contributed by atoms with Crippen LogP contribution in [0.25, 0.3) is 11.3 Å². The van der Waals surface area contributed by atoms with Crippen molar-refractivity contribution in [1.82, 2.24) is 15.1 Å². The van der Waals surface area contributed by atoms with Crippen molar-refractivity contribution in [2.24, 2.45) is 7.05 Å². The predicted molar refractivity (Wildman–Crippen MR) is 75.9 cm³/mol. The Morgan fingerprint density at radius 1 is 1.35 bits per heavy atom. The summed E-state index contributed by atoms with van der Waals surface area (Å²) in [5, 5.41) is 6.92. The molecule has 20 heavy (non-hydrogen) atoms. The molecule has 106 valence electrons. The van der Waals surface area contributed by atoms with Gasteiger partial charge in [-0.3, -0.25) is 9.48 Å². The lowest BCUT2D eigenvalue weighted by Gasteiger charge is -2.05. The lowest BCUT2D eigenvalue weighted by atomic mass is 10.1. The van der Waals surface area contributed by atoms with Crippen LogP contribution >= 0.6 is 0 Å². The van der Waals surface area contributed by atoms with Crippen molar-refractivity contribution < 1.29 is 9.18 Å². The van der Waals surface area contributed by atoms with Crippen LogP contribution in [-0.2, 0) is 7.05 Å². The Balaban J connectivity index is 2.41. The predicted octanol–water partition coefficient (Wildman–Crippen LogP) is 2.67. The van der Waals surface area contributed by atoms with E-state index in [2.05, 4.69) is 10.4 Å². The second-order valence-electron chi connectivity index (χ2n) is 5.15. The summed E-state index contributed by atoms with van der Waals surface area (Å²) in [5.74, 6) is -0.579. The number of benzene rings is 1. The molecule has 0 saturated heterocycles. The largest absolute Gasteiger partial charge is 0.348 e. The van der Waals surface area contributed by atoms with E-state index in [1.54, 1.807) is 25.2 Å². The molecule has 0 aliphatic carbocycles. The maximum atomic E-state index is 13.9. The normalized spacial score (nSPS) is 10.9. The topological polar surface area (TPSA) is 46.9 Å². The van der Waals surface area contributed by atoms with Gasteiger partial charge in [0.1, 0.15) is 5.82 Å². The number of nitrogens with one attached hydrogen (secondary N) is 1. The zero-order chi connectivity index (χ0) is 14.9. The summed E-state index contributed by atoms with van der Waals surface area (Å²) < 4.78 is 15.4. The number of amides is 1. The van der Waals surface area contributed by atoms with Crippen molar-refractivity contribution in [2.45, 2.75) is 26.8 Å². The van der Waals surface area contributed by atoms with Gasteiger partial charge >= 0.3 is 0 Å². The molecular formula is C15H18FN3O. The molecule has 5 heteroatoms. The highest BCUT2D eigenvalue weighted by atomic mass is 19.1. The maximum Gasteiger partial charge on any atom is 0.271 e. The van der Waals surface area contributed by atoms with Crippen molar-refractivity contribution in [2.75, 3.05) is 0 Å². The number of aromatic nitrogens is 2. The van der Waals surface area contributed by atoms with Crippen LogP contribution in [0.1, 0.15) is 29.9 Å². The van der Waals surface area contributed by atoms with E-state index in [-0.39, 0.29) is 23.5 Å². The highest BCUT2D eigenvalue weighted by Crippen LogP contribution is 2.24. The van der Waals surface area contributed by atoms with Gasteiger partial charge in [-0.15, -0.1) is 0 Å².